The molecule has 1 unspecified atom stereocenters. The van der Waals surface area contributed by atoms with Crippen LogP contribution in [0.3, 0.4) is 0 Å². The Balaban J connectivity index is 2.32. The summed E-state index contributed by atoms with van der Waals surface area (Å²) in [5.41, 5.74) is 2.40. The highest BCUT2D eigenvalue weighted by molar-refractivity contribution is 9.11. The second-order valence-electron chi connectivity index (χ2n) is 4.57. The predicted octanol–water partition coefficient (Wildman–Crippen LogP) is 5.76. The summed E-state index contributed by atoms with van der Waals surface area (Å²) in [4.78, 5) is 0. The van der Waals surface area contributed by atoms with Gasteiger partial charge in [0.15, 0.2) is 0 Å². The molecule has 0 aliphatic rings. The molecule has 0 aromatic heterocycles. The number of hydrogen-bond donors (Lipinski definition) is 1. The van der Waals surface area contributed by atoms with Crippen molar-refractivity contribution in [2.24, 2.45) is 0 Å². The lowest BCUT2D eigenvalue weighted by Crippen LogP contribution is -2.23. The average molecular weight is 418 g/mol. The lowest BCUT2D eigenvalue weighted by molar-refractivity contribution is 0.548. The zero-order chi connectivity index (χ0) is 14.5. The van der Waals surface area contributed by atoms with Crippen LogP contribution in [0, 0.1) is 0 Å². The molecular weight excluding hydrogens is 401 g/mol. The maximum atomic E-state index is 6.28. The standard InChI is InChI=1S/C16H16Br2ClN/c1-2-20-16(9-11-5-3-4-6-15(11)19)13-10-12(17)7-8-14(13)18/h3-8,10,16,20H,2,9H2,1H3. The first kappa shape index (κ1) is 16.0. The number of rotatable bonds is 5. The Morgan fingerprint density at radius 3 is 2.60 bits per heavy atom. The van der Waals surface area contributed by atoms with Gasteiger partial charge in [0.2, 0.25) is 0 Å². The molecule has 4 heteroatoms. The second kappa shape index (κ2) is 7.60. The van der Waals surface area contributed by atoms with Crippen molar-refractivity contribution in [1.82, 2.24) is 5.32 Å². The van der Waals surface area contributed by atoms with Crippen molar-refractivity contribution in [1.29, 1.82) is 0 Å². The summed E-state index contributed by atoms with van der Waals surface area (Å²) in [7, 11) is 0. The van der Waals surface area contributed by atoms with E-state index < -0.39 is 0 Å². The number of hydrogen-bond acceptors (Lipinski definition) is 1. The largest absolute Gasteiger partial charge is 0.310 e. The SMILES string of the molecule is CCNC(Cc1ccccc1Cl)c1cc(Br)ccc1Br. The Kier molecular flexibility index (Phi) is 6.09. The van der Waals surface area contributed by atoms with Gasteiger partial charge in [-0.25, -0.2) is 0 Å². The van der Waals surface area contributed by atoms with Gasteiger partial charge in [0.25, 0.3) is 0 Å². The molecule has 0 bridgehead atoms. The minimum Gasteiger partial charge on any atom is -0.310 e. The molecule has 1 atom stereocenters. The lowest BCUT2D eigenvalue weighted by atomic mass is 9.99. The lowest BCUT2D eigenvalue weighted by Gasteiger charge is -2.21. The van der Waals surface area contributed by atoms with Crippen molar-refractivity contribution in [2.45, 2.75) is 19.4 Å². The summed E-state index contributed by atoms with van der Waals surface area (Å²) < 4.78 is 2.19. The highest BCUT2D eigenvalue weighted by atomic mass is 79.9. The molecule has 0 fully saturated rings. The van der Waals surface area contributed by atoms with Gasteiger partial charge >= 0.3 is 0 Å². The Hall–Kier alpha value is -0.350. The van der Waals surface area contributed by atoms with Crippen molar-refractivity contribution in [3.8, 4) is 0 Å². The fourth-order valence-corrected chi connectivity index (χ4v) is 3.32. The molecule has 0 heterocycles. The maximum absolute atomic E-state index is 6.28. The van der Waals surface area contributed by atoms with E-state index in [2.05, 4.69) is 62.3 Å². The van der Waals surface area contributed by atoms with Crippen molar-refractivity contribution in [3.63, 3.8) is 0 Å². The van der Waals surface area contributed by atoms with E-state index in [1.165, 1.54) is 5.56 Å². The maximum Gasteiger partial charge on any atom is 0.0438 e. The fourth-order valence-electron chi connectivity index (χ4n) is 2.20. The quantitative estimate of drug-likeness (QED) is 0.652. The Morgan fingerprint density at radius 2 is 1.90 bits per heavy atom. The van der Waals surface area contributed by atoms with Crippen LogP contribution in [0.2, 0.25) is 5.02 Å². The van der Waals surface area contributed by atoms with Gasteiger partial charge in [0.1, 0.15) is 0 Å². The van der Waals surface area contributed by atoms with Gasteiger partial charge in [-0.3, -0.25) is 0 Å². The van der Waals surface area contributed by atoms with Crippen LogP contribution in [-0.2, 0) is 6.42 Å². The molecule has 1 nitrogen and oxygen atoms in total. The monoisotopic (exact) mass is 415 g/mol. The molecule has 106 valence electrons. The van der Waals surface area contributed by atoms with E-state index >= 15 is 0 Å². The second-order valence-corrected chi connectivity index (χ2v) is 6.75. The molecule has 2 aromatic rings. The molecule has 0 saturated carbocycles. The van der Waals surface area contributed by atoms with Crippen LogP contribution < -0.4 is 5.32 Å². The fraction of sp³-hybridized carbons (Fsp3) is 0.250. The van der Waals surface area contributed by atoms with E-state index in [-0.39, 0.29) is 6.04 Å². The molecule has 2 rings (SSSR count). The zero-order valence-corrected chi connectivity index (χ0v) is 15.1. The van der Waals surface area contributed by atoms with E-state index in [9.17, 15) is 0 Å². The Bertz CT molecular complexity index is 586. The highest BCUT2D eigenvalue weighted by Gasteiger charge is 2.16. The number of benzene rings is 2. The van der Waals surface area contributed by atoms with Gasteiger partial charge in [0.05, 0.1) is 0 Å². The summed E-state index contributed by atoms with van der Waals surface area (Å²) >= 11 is 13.5. The molecule has 0 saturated heterocycles. The van der Waals surface area contributed by atoms with E-state index in [0.717, 1.165) is 32.5 Å². The molecule has 1 N–H and O–H groups in total. The highest BCUT2D eigenvalue weighted by Crippen LogP contribution is 2.30. The van der Waals surface area contributed by atoms with Crippen LogP contribution in [0.5, 0.6) is 0 Å². The molecule has 0 amide bonds. The molecule has 0 spiro atoms. The predicted molar refractivity (Wildman–Crippen MR) is 93.4 cm³/mol. The van der Waals surface area contributed by atoms with Crippen molar-refractivity contribution < 1.29 is 0 Å². The first-order valence-corrected chi connectivity index (χ1v) is 8.50. The van der Waals surface area contributed by atoms with Gasteiger partial charge in [-0.05, 0) is 48.4 Å². The topological polar surface area (TPSA) is 12.0 Å². The van der Waals surface area contributed by atoms with E-state index in [1.54, 1.807) is 0 Å². The summed E-state index contributed by atoms with van der Waals surface area (Å²) in [6.45, 7) is 3.03. The van der Waals surface area contributed by atoms with Crippen LogP contribution >= 0.6 is 43.5 Å². The van der Waals surface area contributed by atoms with Crippen LogP contribution in [0.1, 0.15) is 24.1 Å². The van der Waals surface area contributed by atoms with Crippen LogP contribution in [0.15, 0.2) is 51.4 Å². The molecular formula is C16H16Br2ClN. The van der Waals surface area contributed by atoms with E-state index in [0.29, 0.717) is 0 Å². The third kappa shape index (κ3) is 4.08. The number of nitrogens with one attached hydrogen (secondary N) is 1. The normalized spacial score (nSPS) is 12.4. The van der Waals surface area contributed by atoms with Gasteiger partial charge in [-0.2, -0.15) is 0 Å². The molecule has 0 aliphatic carbocycles. The van der Waals surface area contributed by atoms with E-state index in [1.807, 2.05) is 24.3 Å². The molecule has 0 radical (unpaired) electrons. The van der Waals surface area contributed by atoms with E-state index in [4.69, 9.17) is 11.6 Å². The van der Waals surface area contributed by atoms with Crippen LogP contribution in [0.4, 0.5) is 0 Å². The molecule has 20 heavy (non-hydrogen) atoms. The minimum absolute atomic E-state index is 0.228. The first-order valence-electron chi connectivity index (χ1n) is 6.53. The van der Waals surface area contributed by atoms with Crippen LogP contribution in [0.25, 0.3) is 0 Å². The first-order chi connectivity index (χ1) is 9.61. The van der Waals surface area contributed by atoms with Gasteiger partial charge in [0, 0.05) is 20.0 Å². The Labute approximate surface area is 142 Å². The van der Waals surface area contributed by atoms with Gasteiger partial charge in [-0.1, -0.05) is 68.6 Å². The number of likely N-dealkylation sites (N-methyl/N-ethyl adjacent to an activating group) is 1. The minimum atomic E-state index is 0.228. The summed E-state index contributed by atoms with van der Waals surface area (Å²) in [5.74, 6) is 0. The third-order valence-corrected chi connectivity index (χ3v) is 4.75. The summed E-state index contributed by atoms with van der Waals surface area (Å²) in [5, 5.41) is 4.35. The third-order valence-electron chi connectivity index (χ3n) is 3.17. The number of halogens is 3. The van der Waals surface area contributed by atoms with Gasteiger partial charge in [-0.15, -0.1) is 0 Å². The summed E-state index contributed by atoms with van der Waals surface area (Å²) in [6, 6.07) is 14.5. The van der Waals surface area contributed by atoms with Crippen LogP contribution in [-0.4, -0.2) is 6.54 Å². The summed E-state index contributed by atoms with van der Waals surface area (Å²) in [6.07, 6.45) is 0.864. The Morgan fingerprint density at radius 1 is 1.15 bits per heavy atom. The van der Waals surface area contributed by atoms with Crippen molar-refractivity contribution >= 4 is 43.5 Å². The van der Waals surface area contributed by atoms with Gasteiger partial charge < -0.3 is 5.32 Å². The smallest absolute Gasteiger partial charge is 0.0438 e. The van der Waals surface area contributed by atoms with Crippen molar-refractivity contribution in [2.75, 3.05) is 6.54 Å². The molecule has 2 aromatic carbocycles. The van der Waals surface area contributed by atoms with Crippen molar-refractivity contribution in [3.05, 3.63) is 67.6 Å². The zero-order valence-electron chi connectivity index (χ0n) is 11.2. The molecule has 0 aliphatic heterocycles. The average Bonchev–Trinajstić information content (AvgIpc) is 2.43.